The van der Waals surface area contributed by atoms with E-state index in [-0.39, 0.29) is 6.42 Å². The van der Waals surface area contributed by atoms with E-state index >= 15 is 0 Å². The monoisotopic (exact) mass is 397 g/mol. The highest BCUT2D eigenvalue weighted by Gasteiger charge is 2.24. The Morgan fingerprint density at radius 1 is 1.28 bits per heavy atom. The molecule has 0 spiro atoms. The van der Waals surface area contributed by atoms with Gasteiger partial charge in [0.1, 0.15) is 11.8 Å². The molecule has 3 rings (SSSR count). The van der Waals surface area contributed by atoms with E-state index in [2.05, 4.69) is 20.6 Å². The van der Waals surface area contributed by atoms with Gasteiger partial charge in [0.25, 0.3) is 0 Å². The van der Waals surface area contributed by atoms with Crippen LogP contribution in [0.5, 0.6) is 5.75 Å². The van der Waals surface area contributed by atoms with E-state index in [1.807, 2.05) is 24.3 Å². The standard InChI is InChI=1S/C20H23N5O4/c1-29-18-8-13(6-12-4-2-3-5-15(12)18)24-20(28)17(10-26)25-19(27)16(21)7-14-9-22-11-23-14/h2-6,8-9,11,16-17,26H,7,10,21H2,1H3,(H,22,23)(H,24,28)(H,25,27)/t16-,17-/m0/s1. The van der Waals surface area contributed by atoms with Gasteiger partial charge in [0.15, 0.2) is 0 Å². The Hall–Kier alpha value is -3.43. The Balaban J connectivity index is 1.68. The first-order valence-corrected chi connectivity index (χ1v) is 9.03. The average Bonchev–Trinajstić information content (AvgIpc) is 3.23. The number of imidazole rings is 1. The van der Waals surface area contributed by atoms with E-state index in [1.54, 1.807) is 25.4 Å². The Morgan fingerprint density at radius 2 is 2.07 bits per heavy atom. The molecule has 0 bridgehead atoms. The molecule has 2 aromatic carbocycles. The molecule has 0 aliphatic rings. The normalized spacial score (nSPS) is 12.9. The molecule has 0 radical (unpaired) electrons. The van der Waals surface area contributed by atoms with Gasteiger partial charge in [-0.25, -0.2) is 4.98 Å². The van der Waals surface area contributed by atoms with E-state index in [0.29, 0.717) is 17.1 Å². The summed E-state index contributed by atoms with van der Waals surface area (Å²) in [5.74, 6) is -0.513. The lowest BCUT2D eigenvalue weighted by atomic mass is 10.1. The number of nitrogens with zero attached hydrogens (tertiary/aromatic N) is 1. The highest BCUT2D eigenvalue weighted by Crippen LogP contribution is 2.29. The van der Waals surface area contributed by atoms with Crippen molar-refractivity contribution < 1.29 is 19.4 Å². The summed E-state index contributed by atoms with van der Waals surface area (Å²) in [6.07, 6.45) is 3.28. The first-order chi connectivity index (χ1) is 14.0. The van der Waals surface area contributed by atoms with Crippen LogP contribution in [0.15, 0.2) is 48.9 Å². The lowest BCUT2D eigenvalue weighted by Gasteiger charge is -2.19. The second-order valence-corrected chi connectivity index (χ2v) is 6.52. The molecule has 6 N–H and O–H groups in total. The molecule has 0 aliphatic carbocycles. The zero-order valence-corrected chi connectivity index (χ0v) is 15.9. The van der Waals surface area contributed by atoms with Gasteiger partial charge in [-0.1, -0.05) is 24.3 Å². The summed E-state index contributed by atoms with van der Waals surface area (Å²) in [5.41, 5.74) is 7.06. The van der Waals surface area contributed by atoms with E-state index in [0.717, 1.165) is 10.8 Å². The van der Waals surface area contributed by atoms with Crippen LogP contribution in [-0.2, 0) is 16.0 Å². The number of H-pyrrole nitrogens is 1. The van der Waals surface area contributed by atoms with E-state index in [9.17, 15) is 14.7 Å². The molecule has 152 valence electrons. The number of nitrogens with one attached hydrogen (secondary N) is 3. The molecule has 0 fully saturated rings. The van der Waals surface area contributed by atoms with E-state index in [4.69, 9.17) is 10.5 Å². The summed E-state index contributed by atoms with van der Waals surface area (Å²) >= 11 is 0. The molecule has 2 amide bonds. The predicted molar refractivity (Wildman–Crippen MR) is 108 cm³/mol. The fourth-order valence-electron chi connectivity index (χ4n) is 2.94. The van der Waals surface area contributed by atoms with Crippen LogP contribution in [0.2, 0.25) is 0 Å². The summed E-state index contributed by atoms with van der Waals surface area (Å²) in [6.45, 7) is -0.570. The van der Waals surface area contributed by atoms with Crippen LogP contribution in [-0.4, -0.2) is 52.7 Å². The second-order valence-electron chi connectivity index (χ2n) is 6.52. The Kier molecular flexibility index (Phi) is 6.43. The van der Waals surface area contributed by atoms with E-state index in [1.165, 1.54) is 6.33 Å². The van der Waals surface area contributed by atoms with Crippen molar-refractivity contribution in [2.75, 3.05) is 19.0 Å². The second kappa shape index (κ2) is 9.18. The molecule has 0 unspecified atom stereocenters. The molecule has 9 heteroatoms. The number of benzene rings is 2. The van der Waals surface area contributed by atoms with Crippen molar-refractivity contribution in [3.8, 4) is 5.75 Å². The van der Waals surface area contributed by atoms with Crippen LogP contribution in [0, 0.1) is 0 Å². The highest BCUT2D eigenvalue weighted by molar-refractivity contribution is 6.00. The summed E-state index contributed by atoms with van der Waals surface area (Å²) in [6, 6.07) is 9.02. The molecule has 0 aliphatic heterocycles. The van der Waals surface area contributed by atoms with Crippen molar-refractivity contribution >= 4 is 28.3 Å². The molecule has 1 heterocycles. The molecule has 3 aromatic rings. The average molecular weight is 397 g/mol. The van der Waals surface area contributed by atoms with Gasteiger partial charge in [-0.15, -0.1) is 0 Å². The number of rotatable bonds is 8. The minimum atomic E-state index is -1.15. The van der Waals surface area contributed by atoms with Crippen molar-refractivity contribution in [1.29, 1.82) is 0 Å². The number of fused-ring (bicyclic) bond motifs is 1. The summed E-state index contributed by atoms with van der Waals surface area (Å²) in [4.78, 5) is 31.6. The van der Waals surface area contributed by atoms with Gasteiger partial charge in [-0.3, -0.25) is 9.59 Å². The third-order valence-corrected chi connectivity index (χ3v) is 4.46. The molecular formula is C20H23N5O4. The number of carbonyl (C=O) groups is 2. The van der Waals surface area contributed by atoms with Gasteiger partial charge in [0.2, 0.25) is 11.8 Å². The van der Waals surface area contributed by atoms with Crippen LogP contribution < -0.4 is 21.1 Å². The van der Waals surface area contributed by atoms with Crippen molar-refractivity contribution in [2.24, 2.45) is 5.73 Å². The molecule has 0 saturated carbocycles. The van der Waals surface area contributed by atoms with Crippen LogP contribution in [0.1, 0.15) is 5.69 Å². The van der Waals surface area contributed by atoms with E-state index < -0.39 is 30.5 Å². The number of methoxy groups -OCH3 is 1. The number of hydrogen-bond donors (Lipinski definition) is 5. The van der Waals surface area contributed by atoms with Crippen molar-refractivity contribution in [2.45, 2.75) is 18.5 Å². The maximum Gasteiger partial charge on any atom is 0.249 e. The van der Waals surface area contributed by atoms with Gasteiger partial charge in [0, 0.05) is 35.5 Å². The summed E-state index contributed by atoms with van der Waals surface area (Å²) in [5, 5.41) is 16.5. The van der Waals surface area contributed by atoms with Crippen molar-refractivity contribution in [3.05, 3.63) is 54.6 Å². The lowest BCUT2D eigenvalue weighted by Crippen LogP contribution is -2.52. The molecule has 0 saturated heterocycles. The molecule has 1 aromatic heterocycles. The predicted octanol–water partition coefficient (Wildman–Crippen LogP) is 0.557. The minimum Gasteiger partial charge on any atom is -0.496 e. The maximum absolute atomic E-state index is 12.6. The Labute approximate surface area is 167 Å². The number of ether oxygens (including phenoxy) is 1. The summed E-state index contributed by atoms with van der Waals surface area (Å²) in [7, 11) is 1.55. The van der Waals surface area contributed by atoms with Gasteiger partial charge in [-0.05, 0) is 11.5 Å². The van der Waals surface area contributed by atoms with Crippen molar-refractivity contribution in [1.82, 2.24) is 15.3 Å². The first kappa shape index (κ1) is 20.3. The SMILES string of the molecule is COc1cc(NC(=O)[C@H](CO)NC(=O)[C@@H](N)Cc2cnc[nH]2)cc2ccccc12. The third-order valence-electron chi connectivity index (χ3n) is 4.46. The quantitative estimate of drug-likeness (QED) is 0.376. The zero-order chi connectivity index (χ0) is 20.8. The first-order valence-electron chi connectivity index (χ1n) is 9.03. The third kappa shape index (κ3) is 4.89. The molecule has 9 nitrogen and oxygen atoms in total. The molecule has 2 atom stereocenters. The van der Waals surface area contributed by atoms with Crippen LogP contribution in [0.4, 0.5) is 5.69 Å². The fraction of sp³-hybridized carbons (Fsp3) is 0.250. The van der Waals surface area contributed by atoms with Crippen LogP contribution in [0.25, 0.3) is 10.8 Å². The minimum absolute atomic E-state index is 0.230. The van der Waals surface area contributed by atoms with Crippen LogP contribution >= 0.6 is 0 Å². The number of anilines is 1. The maximum atomic E-state index is 12.6. The zero-order valence-electron chi connectivity index (χ0n) is 15.9. The number of carbonyl (C=O) groups excluding carboxylic acids is 2. The summed E-state index contributed by atoms with van der Waals surface area (Å²) < 4.78 is 5.39. The number of aromatic amines is 1. The van der Waals surface area contributed by atoms with Gasteiger partial charge in [0.05, 0.1) is 26.1 Å². The Bertz CT molecular complexity index is 990. The number of amides is 2. The molecule has 29 heavy (non-hydrogen) atoms. The number of aliphatic hydroxyl groups excluding tert-OH is 1. The van der Waals surface area contributed by atoms with Gasteiger partial charge >= 0.3 is 0 Å². The topological polar surface area (TPSA) is 142 Å². The number of nitrogens with two attached hydrogens (primary N) is 1. The van der Waals surface area contributed by atoms with Gasteiger partial charge < -0.3 is 31.2 Å². The van der Waals surface area contributed by atoms with Gasteiger partial charge in [-0.2, -0.15) is 0 Å². The number of hydrogen-bond acceptors (Lipinski definition) is 6. The Morgan fingerprint density at radius 3 is 2.76 bits per heavy atom. The lowest BCUT2D eigenvalue weighted by molar-refractivity contribution is -0.128. The number of aliphatic hydroxyl groups is 1. The highest BCUT2D eigenvalue weighted by atomic mass is 16.5. The number of aromatic nitrogens is 2. The van der Waals surface area contributed by atoms with Crippen LogP contribution in [0.3, 0.4) is 0 Å². The fourth-order valence-corrected chi connectivity index (χ4v) is 2.94. The largest absolute Gasteiger partial charge is 0.496 e. The molecular weight excluding hydrogens is 374 g/mol. The van der Waals surface area contributed by atoms with Crippen molar-refractivity contribution in [3.63, 3.8) is 0 Å². The smallest absolute Gasteiger partial charge is 0.249 e.